The monoisotopic (exact) mass is 188 g/mol. The number of aliphatic hydroxyl groups excluding tert-OH is 1. The lowest BCUT2D eigenvalue weighted by atomic mass is 10.1. The summed E-state index contributed by atoms with van der Waals surface area (Å²) in [7, 11) is 1.08. The van der Waals surface area contributed by atoms with E-state index in [2.05, 4.69) is 4.74 Å². The average Bonchev–Trinajstić information content (AvgIpc) is 2.56. The van der Waals surface area contributed by atoms with E-state index in [1.807, 2.05) is 0 Å². The maximum absolute atomic E-state index is 13.6. The van der Waals surface area contributed by atoms with Gasteiger partial charge in [-0.15, -0.1) is 0 Å². The van der Waals surface area contributed by atoms with Gasteiger partial charge in [-0.05, 0) is 6.42 Å². The number of ketones is 1. The Balaban J connectivity index is 2.18. The van der Waals surface area contributed by atoms with Crippen molar-refractivity contribution in [3.63, 3.8) is 0 Å². The van der Waals surface area contributed by atoms with Gasteiger partial charge >= 0.3 is 5.97 Å². The van der Waals surface area contributed by atoms with Crippen LogP contribution in [0.15, 0.2) is 0 Å². The van der Waals surface area contributed by atoms with Crippen molar-refractivity contribution in [3.8, 4) is 0 Å². The second-order valence-corrected chi connectivity index (χ2v) is 3.50. The Kier molecular flexibility index (Phi) is 1.52. The van der Waals surface area contributed by atoms with Gasteiger partial charge in [0, 0.05) is 5.92 Å². The third-order valence-corrected chi connectivity index (χ3v) is 2.90. The van der Waals surface area contributed by atoms with E-state index in [1.165, 1.54) is 0 Å². The van der Waals surface area contributed by atoms with E-state index in [1.54, 1.807) is 0 Å². The van der Waals surface area contributed by atoms with Crippen LogP contribution in [0.25, 0.3) is 0 Å². The molecule has 0 amide bonds. The van der Waals surface area contributed by atoms with Crippen LogP contribution in [-0.4, -0.2) is 35.7 Å². The number of aliphatic hydroxyl groups is 1. The fraction of sp³-hybridized carbons (Fsp3) is 0.750. The molecule has 72 valence electrons. The van der Waals surface area contributed by atoms with Crippen LogP contribution < -0.4 is 0 Å². The largest absolute Gasteiger partial charge is 0.467 e. The van der Waals surface area contributed by atoms with Gasteiger partial charge in [-0.3, -0.25) is 4.79 Å². The van der Waals surface area contributed by atoms with Crippen molar-refractivity contribution in [2.24, 2.45) is 11.8 Å². The lowest BCUT2D eigenvalue weighted by molar-refractivity contribution is -0.152. The number of fused-ring (bicyclic) bond motifs is 1. The van der Waals surface area contributed by atoms with Gasteiger partial charge in [0.05, 0.1) is 13.0 Å². The Labute approximate surface area is 73.7 Å². The van der Waals surface area contributed by atoms with Crippen molar-refractivity contribution in [1.82, 2.24) is 0 Å². The minimum Gasteiger partial charge on any atom is -0.467 e. The zero-order chi connectivity index (χ0) is 9.80. The van der Waals surface area contributed by atoms with E-state index in [-0.39, 0.29) is 6.42 Å². The third-order valence-electron chi connectivity index (χ3n) is 2.90. The van der Waals surface area contributed by atoms with Gasteiger partial charge in [0.2, 0.25) is 5.67 Å². The number of hydrogen-bond acceptors (Lipinski definition) is 4. The van der Waals surface area contributed by atoms with Gasteiger partial charge in [0.1, 0.15) is 6.10 Å². The number of carbonyl (C=O) groups excluding carboxylic acids is 2. The molecule has 2 rings (SSSR count). The van der Waals surface area contributed by atoms with Gasteiger partial charge in [-0.25, -0.2) is 9.18 Å². The molecule has 0 bridgehead atoms. The molecule has 0 saturated heterocycles. The molecule has 0 aromatic rings. The van der Waals surface area contributed by atoms with Crippen LogP contribution in [0.3, 0.4) is 0 Å². The molecule has 2 aliphatic rings. The zero-order valence-corrected chi connectivity index (χ0v) is 6.99. The summed E-state index contributed by atoms with van der Waals surface area (Å²) in [6.45, 7) is 0. The summed E-state index contributed by atoms with van der Waals surface area (Å²) in [5.74, 6) is -3.20. The standard InChI is InChI=1S/C8H9FO4/c1-13-7(12)8(9)3-2-4(10)6(11)5(3)8/h3-5,10H,2H2,1H3/t3-,4-,5-,8-/m1/s1. The van der Waals surface area contributed by atoms with E-state index in [0.29, 0.717) is 0 Å². The highest BCUT2D eigenvalue weighted by Crippen LogP contribution is 2.61. The van der Waals surface area contributed by atoms with Crippen LogP contribution >= 0.6 is 0 Å². The molecule has 0 aromatic carbocycles. The van der Waals surface area contributed by atoms with E-state index in [0.717, 1.165) is 7.11 Å². The molecule has 2 aliphatic carbocycles. The summed E-state index contributed by atoms with van der Waals surface area (Å²) >= 11 is 0. The van der Waals surface area contributed by atoms with Crippen LogP contribution in [0.1, 0.15) is 6.42 Å². The second-order valence-electron chi connectivity index (χ2n) is 3.50. The fourth-order valence-corrected chi connectivity index (χ4v) is 2.14. The average molecular weight is 188 g/mol. The Morgan fingerprint density at radius 3 is 2.77 bits per heavy atom. The Morgan fingerprint density at radius 1 is 1.77 bits per heavy atom. The Morgan fingerprint density at radius 2 is 2.38 bits per heavy atom. The molecule has 2 saturated carbocycles. The quantitative estimate of drug-likeness (QED) is 0.560. The lowest BCUT2D eigenvalue weighted by Gasteiger charge is -2.10. The van der Waals surface area contributed by atoms with Crippen molar-refractivity contribution in [1.29, 1.82) is 0 Å². The minimum absolute atomic E-state index is 0.0368. The second kappa shape index (κ2) is 2.29. The Bertz CT molecular complexity index is 288. The number of Topliss-reactive ketones (excluding diaryl/α,β-unsaturated/α-hetero) is 1. The molecule has 2 fully saturated rings. The SMILES string of the molecule is COC(=O)[C@@]1(F)[C@@H]2C[C@@H](O)C(=O)[C@@H]21. The van der Waals surface area contributed by atoms with Crippen LogP contribution in [0.2, 0.25) is 0 Å². The van der Waals surface area contributed by atoms with E-state index >= 15 is 0 Å². The number of alkyl halides is 1. The summed E-state index contributed by atoms with van der Waals surface area (Å²) in [5.41, 5.74) is -2.15. The highest BCUT2D eigenvalue weighted by Gasteiger charge is 2.79. The highest BCUT2D eigenvalue weighted by atomic mass is 19.1. The lowest BCUT2D eigenvalue weighted by Crippen LogP contribution is -2.32. The predicted molar refractivity (Wildman–Crippen MR) is 38.5 cm³/mol. The molecule has 0 aliphatic heterocycles. The number of methoxy groups -OCH3 is 1. The number of carbonyl (C=O) groups is 2. The maximum Gasteiger partial charge on any atom is 0.344 e. The number of ether oxygens (including phenoxy) is 1. The van der Waals surface area contributed by atoms with Crippen molar-refractivity contribution in [2.45, 2.75) is 18.2 Å². The van der Waals surface area contributed by atoms with E-state index < -0.39 is 35.4 Å². The highest BCUT2D eigenvalue weighted by molar-refractivity contribution is 6.02. The first-order valence-corrected chi connectivity index (χ1v) is 4.02. The molecule has 5 heteroatoms. The predicted octanol–water partition coefficient (Wildman–Crippen LogP) is -0.553. The van der Waals surface area contributed by atoms with Gasteiger partial charge < -0.3 is 9.84 Å². The molecule has 0 heterocycles. The normalized spacial score (nSPS) is 47.3. The number of rotatable bonds is 1. The molecule has 0 radical (unpaired) electrons. The van der Waals surface area contributed by atoms with E-state index in [4.69, 9.17) is 5.11 Å². The fourth-order valence-electron chi connectivity index (χ4n) is 2.14. The topological polar surface area (TPSA) is 63.6 Å². The van der Waals surface area contributed by atoms with Crippen LogP contribution in [0.5, 0.6) is 0 Å². The smallest absolute Gasteiger partial charge is 0.344 e. The molecular weight excluding hydrogens is 179 g/mol. The maximum atomic E-state index is 13.6. The van der Waals surface area contributed by atoms with Crippen molar-refractivity contribution >= 4 is 11.8 Å². The van der Waals surface area contributed by atoms with E-state index in [9.17, 15) is 14.0 Å². The van der Waals surface area contributed by atoms with Crippen LogP contribution in [-0.2, 0) is 14.3 Å². The van der Waals surface area contributed by atoms with Crippen molar-refractivity contribution in [3.05, 3.63) is 0 Å². The molecule has 1 N–H and O–H groups in total. The number of hydrogen-bond donors (Lipinski definition) is 1. The molecule has 4 nitrogen and oxygen atoms in total. The zero-order valence-electron chi connectivity index (χ0n) is 6.99. The summed E-state index contributed by atoms with van der Waals surface area (Å²) in [6.07, 6.45) is -1.06. The van der Waals surface area contributed by atoms with Crippen LogP contribution in [0, 0.1) is 11.8 Å². The summed E-state index contributed by atoms with van der Waals surface area (Å²) in [4.78, 5) is 22.0. The summed E-state index contributed by atoms with van der Waals surface area (Å²) in [6, 6.07) is 0. The molecular formula is C8H9FO4. The summed E-state index contributed by atoms with van der Waals surface area (Å²) in [5, 5.41) is 9.02. The van der Waals surface area contributed by atoms with Crippen LogP contribution in [0.4, 0.5) is 4.39 Å². The first kappa shape index (κ1) is 8.62. The minimum atomic E-state index is -2.15. The molecule has 13 heavy (non-hydrogen) atoms. The number of halogens is 1. The third kappa shape index (κ3) is 0.824. The molecule has 0 unspecified atom stereocenters. The Hall–Kier alpha value is -0.970. The first-order valence-electron chi connectivity index (χ1n) is 4.02. The molecule has 4 atom stereocenters. The van der Waals surface area contributed by atoms with Gasteiger partial charge in [-0.2, -0.15) is 0 Å². The van der Waals surface area contributed by atoms with Gasteiger partial charge in [0.15, 0.2) is 5.78 Å². The molecule has 0 aromatic heterocycles. The van der Waals surface area contributed by atoms with Crippen molar-refractivity contribution in [2.75, 3.05) is 7.11 Å². The first-order chi connectivity index (χ1) is 6.03. The van der Waals surface area contributed by atoms with Gasteiger partial charge in [-0.1, -0.05) is 0 Å². The number of esters is 1. The van der Waals surface area contributed by atoms with Gasteiger partial charge in [0.25, 0.3) is 0 Å². The molecule has 0 spiro atoms. The summed E-state index contributed by atoms with van der Waals surface area (Å²) < 4.78 is 17.9. The van der Waals surface area contributed by atoms with Crippen molar-refractivity contribution < 1.29 is 23.8 Å².